The predicted molar refractivity (Wildman–Crippen MR) is 81.2 cm³/mol. The van der Waals surface area contributed by atoms with Gasteiger partial charge in [-0.25, -0.2) is 18.1 Å². The molecule has 1 aromatic heterocycles. The van der Waals surface area contributed by atoms with Crippen LogP contribution in [0.5, 0.6) is 0 Å². The average molecular weight is 303 g/mol. The fraction of sp³-hybridized carbons (Fsp3) is 0.583. The van der Waals surface area contributed by atoms with Gasteiger partial charge in [-0.15, -0.1) is 0 Å². The molecule has 0 saturated heterocycles. The van der Waals surface area contributed by atoms with Gasteiger partial charge in [-0.1, -0.05) is 13.8 Å². The molecule has 7 heteroatoms. The number of anilines is 1. The maximum absolute atomic E-state index is 12.0. The lowest BCUT2D eigenvalue weighted by Crippen LogP contribution is -2.29. The van der Waals surface area contributed by atoms with Gasteiger partial charge in [-0.3, -0.25) is 0 Å². The molecule has 0 spiro atoms. The largest absolute Gasteiger partial charge is 0.370 e. The molecule has 0 aromatic carbocycles. The number of sulfonamides is 1. The lowest BCUT2D eigenvalue weighted by Gasteiger charge is -2.11. The maximum atomic E-state index is 12.0. The predicted octanol–water partition coefficient (Wildman–Crippen LogP) is 1.93. The average Bonchev–Trinajstić information content (AvgIpc) is 2.43. The highest BCUT2D eigenvalue weighted by Gasteiger charge is 2.15. The van der Waals surface area contributed by atoms with E-state index in [0.29, 0.717) is 12.4 Å². The van der Waals surface area contributed by atoms with Crippen molar-refractivity contribution in [3.8, 4) is 0 Å². The molecule has 0 radical (unpaired) electrons. The van der Waals surface area contributed by atoms with Crippen LogP contribution in [0, 0.1) is 0 Å². The van der Waals surface area contributed by atoms with Crippen LogP contribution in [0.25, 0.3) is 0 Å². The van der Waals surface area contributed by atoms with Crippen molar-refractivity contribution in [3.63, 3.8) is 0 Å². The third-order valence-corrected chi connectivity index (χ3v) is 4.95. The molecule has 108 valence electrons. The number of nitrogens with one attached hydrogen (secondary N) is 2. The van der Waals surface area contributed by atoms with Gasteiger partial charge in [-0.2, -0.15) is 11.8 Å². The van der Waals surface area contributed by atoms with Gasteiger partial charge in [-0.05, 0) is 24.8 Å². The highest BCUT2D eigenvalue weighted by molar-refractivity contribution is 7.99. The van der Waals surface area contributed by atoms with Crippen LogP contribution < -0.4 is 10.0 Å². The van der Waals surface area contributed by atoms with Gasteiger partial charge in [0.1, 0.15) is 10.7 Å². The third kappa shape index (κ3) is 5.38. The topological polar surface area (TPSA) is 71.1 Å². The van der Waals surface area contributed by atoms with Gasteiger partial charge < -0.3 is 5.32 Å². The SMILES string of the molecule is CCCNc1ccc(S(=O)(=O)NCC(C)SC)cn1. The molecule has 19 heavy (non-hydrogen) atoms. The molecule has 5 nitrogen and oxygen atoms in total. The van der Waals surface area contributed by atoms with E-state index in [-0.39, 0.29) is 10.1 Å². The number of pyridine rings is 1. The number of hydrogen-bond acceptors (Lipinski definition) is 5. The minimum absolute atomic E-state index is 0.197. The van der Waals surface area contributed by atoms with Crippen LogP contribution in [0.4, 0.5) is 5.82 Å². The number of rotatable bonds is 8. The van der Waals surface area contributed by atoms with E-state index in [1.807, 2.05) is 13.2 Å². The van der Waals surface area contributed by atoms with Crippen molar-refractivity contribution in [2.45, 2.75) is 30.4 Å². The Bertz CT molecular complexity index is 474. The second kappa shape index (κ2) is 7.72. The molecule has 2 N–H and O–H groups in total. The zero-order valence-corrected chi connectivity index (χ0v) is 13.1. The number of thioether (sulfide) groups is 1. The molecular formula is C12H21N3O2S2. The molecule has 0 aliphatic heterocycles. The van der Waals surface area contributed by atoms with Crippen molar-refractivity contribution in [1.82, 2.24) is 9.71 Å². The van der Waals surface area contributed by atoms with Crippen molar-refractivity contribution >= 4 is 27.6 Å². The zero-order valence-electron chi connectivity index (χ0n) is 11.5. The summed E-state index contributed by atoms with van der Waals surface area (Å²) in [6, 6.07) is 3.25. The van der Waals surface area contributed by atoms with Gasteiger partial charge in [0.25, 0.3) is 0 Å². The molecule has 1 unspecified atom stereocenters. The summed E-state index contributed by atoms with van der Waals surface area (Å²) >= 11 is 1.62. The Labute approximate surface area is 119 Å². The summed E-state index contributed by atoms with van der Waals surface area (Å²) < 4.78 is 26.6. The Balaban J connectivity index is 2.68. The Hall–Kier alpha value is -0.790. The quantitative estimate of drug-likeness (QED) is 0.768. The summed E-state index contributed by atoms with van der Waals surface area (Å²) in [7, 11) is -3.46. The molecule has 0 amide bonds. The Kier molecular flexibility index (Phi) is 6.60. The van der Waals surface area contributed by atoms with E-state index in [1.54, 1.807) is 23.9 Å². The first-order valence-corrected chi connectivity index (χ1v) is 8.99. The van der Waals surface area contributed by atoms with Crippen molar-refractivity contribution in [1.29, 1.82) is 0 Å². The fourth-order valence-electron chi connectivity index (χ4n) is 1.29. The Morgan fingerprint density at radius 3 is 2.68 bits per heavy atom. The summed E-state index contributed by atoms with van der Waals surface area (Å²) in [6.45, 7) is 5.27. The first-order valence-electron chi connectivity index (χ1n) is 6.22. The van der Waals surface area contributed by atoms with Gasteiger partial charge in [0.15, 0.2) is 0 Å². The molecule has 1 heterocycles. The molecule has 0 fully saturated rings. The molecule has 0 aliphatic rings. The lowest BCUT2D eigenvalue weighted by molar-refractivity contribution is 0.581. The summed E-state index contributed by atoms with van der Waals surface area (Å²) in [5.41, 5.74) is 0. The van der Waals surface area contributed by atoms with Crippen LogP contribution in [-0.4, -0.2) is 38.0 Å². The van der Waals surface area contributed by atoms with Crippen LogP contribution >= 0.6 is 11.8 Å². The second-order valence-electron chi connectivity index (χ2n) is 4.20. The van der Waals surface area contributed by atoms with E-state index in [9.17, 15) is 8.42 Å². The second-order valence-corrected chi connectivity index (χ2v) is 7.25. The van der Waals surface area contributed by atoms with E-state index in [2.05, 4.69) is 21.9 Å². The van der Waals surface area contributed by atoms with Crippen LogP contribution in [0.15, 0.2) is 23.2 Å². The normalized spacial score (nSPS) is 13.2. The first-order chi connectivity index (χ1) is 8.99. The number of nitrogens with zero attached hydrogens (tertiary/aromatic N) is 1. The van der Waals surface area contributed by atoms with E-state index in [1.165, 1.54) is 6.20 Å². The van der Waals surface area contributed by atoms with Gasteiger partial charge in [0.05, 0.1) is 0 Å². The molecule has 0 aliphatic carbocycles. The van der Waals surface area contributed by atoms with Gasteiger partial charge in [0.2, 0.25) is 10.0 Å². The minimum atomic E-state index is -3.46. The maximum Gasteiger partial charge on any atom is 0.242 e. The first kappa shape index (κ1) is 16.3. The van der Waals surface area contributed by atoms with E-state index in [4.69, 9.17) is 0 Å². The summed E-state index contributed by atoms with van der Waals surface area (Å²) in [5, 5.41) is 3.35. The van der Waals surface area contributed by atoms with Crippen molar-refractivity contribution in [2.24, 2.45) is 0 Å². The molecule has 1 atom stereocenters. The molecule has 0 saturated carbocycles. The highest BCUT2D eigenvalue weighted by atomic mass is 32.2. The van der Waals surface area contributed by atoms with Crippen molar-refractivity contribution in [3.05, 3.63) is 18.3 Å². The number of hydrogen-bond donors (Lipinski definition) is 2. The molecule has 1 aromatic rings. The summed E-state index contributed by atoms with van der Waals surface area (Å²) in [5.74, 6) is 0.693. The number of aromatic nitrogens is 1. The van der Waals surface area contributed by atoms with E-state index >= 15 is 0 Å². The van der Waals surface area contributed by atoms with Crippen molar-refractivity contribution < 1.29 is 8.42 Å². The van der Waals surface area contributed by atoms with Crippen LogP contribution in [0.2, 0.25) is 0 Å². The highest BCUT2D eigenvalue weighted by Crippen LogP contribution is 2.11. The van der Waals surface area contributed by atoms with Gasteiger partial charge >= 0.3 is 0 Å². The van der Waals surface area contributed by atoms with Crippen LogP contribution in [-0.2, 0) is 10.0 Å². The summed E-state index contributed by atoms with van der Waals surface area (Å²) in [6.07, 6.45) is 4.33. The fourth-order valence-corrected chi connectivity index (χ4v) is 2.72. The van der Waals surface area contributed by atoms with E-state index < -0.39 is 10.0 Å². The molecule has 1 rings (SSSR count). The summed E-state index contributed by atoms with van der Waals surface area (Å²) in [4.78, 5) is 4.29. The lowest BCUT2D eigenvalue weighted by atomic mass is 10.4. The smallest absolute Gasteiger partial charge is 0.242 e. The molecular weight excluding hydrogens is 282 g/mol. The Morgan fingerprint density at radius 1 is 1.42 bits per heavy atom. The standard InChI is InChI=1S/C12H21N3O2S2/c1-4-7-13-12-6-5-11(9-14-12)19(16,17)15-8-10(2)18-3/h5-6,9-10,15H,4,7-8H2,1-3H3,(H,13,14). The van der Waals surface area contributed by atoms with Crippen molar-refractivity contribution in [2.75, 3.05) is 24.7 Å². The van der Waals surface area contributed by atoms with Gasteiger partial charge in [0, 0.05) is 24.5 Å². The zero-order chi connectivity index (χ0) is 14.3. The third-order valence-electron chi connectivity index (χ3n) is 2.57. The minimum Gasteiger partial charge on any atom is -0.370 e. The Morgan fingerprint density at radius 2 is 2.16 bits per heavy atom. The van der Waals surface area contributed by atoms with Crippen LogP contribution in [0.1, 0.15) is 20.3 Å². The monoisotopic (exact) mass is 303 g/mol. The van der Waals surface area contributed by atoms with Crippen LogP contribution in [0.3, 0.4) is 0 Å². The molecule has 0 bridgehead atoms. The van der Waals surface area contributed by atoms with E-state index in [0.717, 1.165) is 13.0 Å².